The second-order valence-electron chi connectivity index (χ2n) is 12.0. The number of benzene rings is 1. The van der Waals surface area contributed by atoms with Crippen molar-refractivity contribution in [2.45, 2.75) is 149 Å². The third kappa shape index (κ3) is 8.59. The van der Waals surface area contributed by atoms with E-state index in [1.54, 1.807) is 12.1 Å². The van der Waals surface area contributed by atoms with Crippen LogP contribution in [0, 0.1) is 23.1 Å². The summed E-state index contributed by atoms with van der Waals surface area (Å²) in [4.78, 5) is 14.1. The number of halogens is 1. The Balaban J connectivity index is 1.78. The summed E-state index contributed by atoms with van der Waals surface area (Å²) in [7, 11) is 0. The van der Waals surface area contributed by atoms with Crippen LogP contribution in [0.25, 0.3) is 0 Å². The minimum atomic E-state index is -0.451. The first-order valence-corrected chi connectivity index (χ1v) is 15.6. The normalized spacial score (nSPS) is 24.4. The molecule has 0 N–H and O–H groups in total. The quantitative estimate of drug-likeness (QED) is 0.172. The number of hydrogen-bond acceptors (Lipinski definition) is 2. The van der Waals surface area contributed by atoms with Crippen molar-refractivity contribution >= 4 is 5.97 Å². The highest BCUT2D eigenvalue weighted by atomic mass is 19.1. The standard InChI is InChI=1S/C33H53FO2/c1-3-5-10-16-27-17-14-15-24-33(25-23-27,29-19-12-8-7-9-13-20-29)32(35)36-31-22-21-28(26-30(31)34)18-11-6-4-2/h21-22,26-27,29H,3-20,23-25H2,1-2H3. The Morgan fingerprint density at radius 1 is 0.861 bits per heavy atom. The third-order valence-corrected chi connectivity index (χ3v) is 9.26. The molecule has 3 heteroatoms. The SMILES string of the molecule is CCCCCc1ccc(OC(=O)C2(C3CCCCCCC3)CCCCC(CCCCC)CC2)c(F)c1. The van der Waals surface area contributed by atoms with E-state index in [0.29, 0.717) is 5.92 Å². The second kappa shape index (κ2) is 15.8. The molecule has 0 aromatic heterocycles. The Morgan fingerprint density at radius 2 is 1.56 bits per heavy atom. The van der Waals surface area contributed by atoms with Crippen molar-refractivity contribution in [2.75, 3.05) is 0 Å². The Bertz CT molecular complexity index is 767. The molecular weight excluding hydrogens is 447 g/mol. The number of unbranched alkanes of at least 4 members (excludes halogenated alkanes) is 4. The molecule has 204 valence electrons. The molecule has 0 radical (unpaired) electrons. The zero-order valence-corrected chi connectivity index (χ0v) is 23.4. The number of aryl methyl sites for hydroxylation is 1. The lowest BCUT2D eigenvalue weighted by Crippen LogP contribution is -2.43. The molecule has 2 aliphatic rings. The first-order valence-electron chi connectivity index (χ1n) is 15.6. The number of esters is 1. The van der Waals surface area contributed by atoms with Gasteiger partial charge in [-0.15, -0.1) is 0 Å². The van der Waals surface area contributed by atoms with Gasteiger partial charge in [-0.05, 0) is 74.5 Å². The van der Waals surface area contributed by atoms with Crippen LogP contribution in [0.5, 0.6) is 5.75 Å². The van der Waals surface area contributed by atoms with E-state index in [1.807, 2.05) is 6.07 Å². The first-order chi connectivity index (χ1) is 17.6. The van der Waals surface area contributed by atoms with Crippen LogP contribution in [0.15, 0.2) is 18.2 Å². The molecule has 0 heterocycles. The maximum Gasteiger partial charge on any atom is 0.317 e. The van der Waals surface area contributed by atoms with Gasteiger partial charge >= 0.3 is 5.97 Å². The summed E-state index contributed by atoms with van der Waals surface area (Å²) < 4.78 is 21.1. The summed E-state index contributed by atoms with van der Waals surface area (Å²) in [6.45, 7) is 4.45. The van der Waals surface area contributed by atoms with Crippen LogP contribution in [0.2, 0.25) is 0 Å². The minimum Gasteiger partial charge on any atom is -0.423 e. The van der Waals surface area contributed by atoms with Crippen LogP contribution < -0.4 is 4.74 Å². The molecule has 1 aromatic carbocycles. The van der Waals surface area contributed by atoms with Gasteiger partial charge in [0.05, 0.1) is 5.41 Å². The number of carbonyl (C=O) groups excluding carboxylic acids is 1. The maximum atomic E-state index is 15.1. The van der Waals surface area contributed by atoms with Crippen molar-refractivity contribution in [3.63, 3.8) is 0 Å². The monoisotopic (exact) mass is 500 g/mol. The zero-order chi connectivity index (χ0) is 25.6. The van der Waals surface area contributed by atoms with Crippen LogP contribution in [0.4, 0.5) is 4.39 Å². The molecular formula is C33H53FO2. The lowest BCUT2D eigenvalue weighted by molar-refractivity contribution is -0.152. The van der Waals surface area contributed by atoms with Gasteiger partial charge in [-0.2, -0.15) is 0 Å². The Kier molecular flexibility index (Phi) is 12.8. The summed E-state index contributed by atoms with van der Waals surface area (Å²) in [6.07, 6.45) is 24.5. The zero-order valence-electron chi connectivity index (χ0n) is 23.4. The molecule has 2 unspecified atom stereocenters. The van der Waals surface area contributed by atoms with Crippen LogP contribution in [-0.4, -0.2) is 5.97 Å². The summed E-state index contributed by atoms with van der Waals surface area (Å²) in [5, 5.41) is 0. The lowest BCUT2D eigenvalue weighted by Gasteiger charge is -2.42. The van der Waals surface area contributed by atoms with Crippen LogP contribution in [-0.2, 0) is 11.2 Å². The maximum absolute atomic E-state index is 15.1. The van der Waals surface area contributed by atoms with Gasteiger partial charge in [0.25, 0.3) is 0 Å². The summed E-state index contributed by atoms with van der Waals surface area (Å²) in [5.74, 6) is 0.701. The van der Waals surface area contributed by atoms with E-state index in [4.69, 9.17) is 4.74 Å². The highest BCUT2D eigenvalue weighted by molar-refractivity contribution is 5.79. The van der Waals surface area contributed by atoms with E-state index in [-0.39, 0.29) is 17.5 Å². The van der Waals surface area contributed by atoms with Crippen molar-refractivity contribution in [3.8, 4) is 5.75 Å². The smallest absolute Gasteiger partial charge is 0.317 e. The summed E-state index contributed by atoms with van der Waals surface area (Å²) in [6, 6.07) is 5.24. The average Bonchev–Trinajstić information content (AvgIpc) is 2.83. The number of rotatable bonds is 11. The van der Waals surface area contributed by atoms with Crippen molar-refractivity contribution in [1.82, 2.24) is 0 Å². The fourth-order valence-electron chi connectivity index (χ4n) is 6.93. The largest absolute Gasteiger partial charge is 0.423 e. The van der Waals surface area contributed by atoms with Crippen LogP contribution in [0.3, 0.4) is 0 Å². The molecule has 3 rings (SSSR count). The molecule has 2 fully saturated rings. The average molecular weight is 501 g/mol. The molecule has 1 aromatic rings. The summed E-state index contributed by atoms with van der Waals surface area (Å²) in [5.41, 5.74) is 0.545. The number of carbonyl (C=O) groups is 1. The Morgan fingerprint density at radius 3 is 2.28 bits per heavy atom. The van der Waals surface area contributed by atoms with Gasteiger partial charge in [0.1, 0.15) is 0 Å². The highest BCUT2D eigenvalue weighted by Gasteiger charge is 2.47. The molecule has 0 amide bonds. The van der Waals surface area contributed by atoms with Crippen LogP contribution in [0.1, 0.15) is 148 Å². The van der Waals surface area contributed by atoms with Gasteiger partial charge in [-0.25, -0.2) is 4.39 Å². The van der Waals surface area contributed by atoms with E-state index in [0.717, 1.165) is 75.7 Å². The fourth-order valence-corrected chi connectivity index (χ4v) is 6.93. The van der Waals surface area contributed by atoms with Gasteiger partial charge in [-0.3, -0.25) is 4.79 Å². The second-order valence-corrected chi connectivity index (χ2v) is 12.0. The van der Waals surface area contributed by atoms with E-state index < -0.39 is 5.41 Å². The van der Waals surface area contributed by atoms with E-state index >= 15 is 4.39 Å². The topological polar surface area (TPSA) is 26.3 Å². The van der Waals surface area contributed by atoms with E-state index in [2.05, 4.69) is 13.8 Å². The molecule has 36 heavy (non-hydrogen) atoms. The lowest BCUT2D eigenvalue weighted by atomic mass is 9.63. The van der Waals surface area contributed by atoms with Crippen molar-refractivity contribution in [2.24, 2.45) is 17.3 Å². The van der Waals surface area contributed by atoms with Gasteiger partial charge in [-0.1, -0.05) is 110 Å². The fraction of sp³-hybridized carbons (Fsp3) is 0.788. The highest BCUT2D eigenvalue weighted by Crippen LogP contribution is 2.48. The minimum absolute atomic E-state index is 0.131. The van der Waals surface area contributed by atoms with Crippen LogP contribution >= 0.6 is 0 Å². The molecule has 0 aliphatic heterocycles. The third-order valence-electron chi connectivity index (χ3n) is 9.26. The van der Waals surface area contributed by atoms with E-state index in [1.165, 1.54) is 70.6 Å². The Hall–Kier alpha value is -1.38. The molecule has 0 saturated heterocycles. The molecule has 2 nitrogen and oxygen atoms in total. The molecule has 2 aliphatic carbocycles. The van der Waals surface area contributed by atoms with Gasteiger partial charge < -0.3 is 4.74 Å². The first kappa shape index (κ1) is 29.2. The summed E-state index contributed by atoms with van der Waals surface area (Å²) >= 11 is 0. The van der Waals surface area contributed by atoms with Crippen molar-refractivity contribution < 1.29 is 13.9 Å². The van der Waals surface area contributed by atoms with Gasteiger partial charge in [0.2, 0.25) is 0 Å². The van der Waals surface area contributed by atoms with E-state index in [9.17, 15) is 4.79 Å². The van der Waals surface area contributed by atoms with Crippen molar-refractivity contribution in [1.29, 1.82) is 0 Å². The molecule has 2 saturated carbocycles. The van der Waals surface area contributed by atoms with Crippen molar-refractivity contribution in [3.05, 3.63) is 29.6 Å². The predicted octanol–water partition coefficient (Wildman–Crippen LogP) is 10.4. The molecule has 0 spiro atoms. The number of ether oxygens (including phenoxy) is 1. The molecule has 2 atom stereocenters. The number of hydrogen-bond donors (Lipinski definition) is 0. The predicted molar refractivity (Wildman–Crippen MR) is 149 cm³/mol. The molecule has 0 bridgehead atoms. The van der Waals surface area contributed by atoms with Gasteiger partial charge in [0.15, 0.2) is 11.6 Å². The van der Waals surface area contributed by atoms with Gasteiger partial charge in [0, 0.05) is 0 Å². The Labute approximate surface area is 221 Å².